The van der Waals surface area contributed by atoms with Crippen molar-refractivity contribution in [3.63, 3.8) is 0 Å². The van der Waals surface area contributed by atoms with Crippen LogP contribution in [-0.2, 0) is 4.79 Å². The van der Waals surface area contributed by atoms with Crippen LogP contribution in [0.3, 0.4) is 0 Å². The molecule has 1 atom stereocenters. The fourth-order valence-corrected chi connectivity index (χ4v) is 3.95. The number of allylic oxidation sites excluding steroid dienone is 2. The summed E-state index contributed by atoms with van der Waals surface area (Å²) >= 11 is 0. The van der Waals surface area contributed by atoms with E-state index in [4.69, 9.17) is 9.47 Å². The highest BCUT2D eigenvalue weighted by atomic mass is 16.5. The van der Waals surface area contributed by atoms with E-state index in [9.17, 15) is 15.0 Å². The van der Waals surface area contributed by atoms with Gasteiger partial charge >= 0.3 is 0 Å². The molecule has 2 aromatic rings. The quantitative estimate of drug-likeness (QED) is 0.718. The lowest BCUT2D eigenvalue weighted by atomic mass is 9.75. The highest BCUT2D eigenvalue weighted by Crippen LogP contribution is 2.49. The number of nitrogens with one attached hydrogen (secondary N) is 1. The minimum absolute atomic E-state index is 0.0988. The average Bonchev–Trinajstić information content (AvgIpc) is 2.67. The molecule has 0 spiro atoms. The van der Waals surface area contributed by atoms with Gasteiger partial charge in [0.1, 0.15) is 0 Å². The zero-order valence-electron chi connectivity index (χ0n) is 15.2. The van der Waals surface area contributed by atoms with E-state index in [-0.39, 0.29) is 23.2 Å². The molecule has 0 amide bonds. The third kappa shape index (κ3) is 2.77. The molecular weight excluding hydrogens is 346 g/mol. The van der Waals surface area contributed by atoms with E-state index in [0.717, 1.165) is 35.4 Å². The van der Waals surface area contributed by atoms with E-state index in [1.54, 1.807) is 20.3 Å². The number of ether oxygens (including phenoxy) is 2. The molecule has 140 valence electrons. The second-order valence-electron chi connectivity index (χ2n) is 6.77. The summed E-state index contributed by atoms with van der Waals surface area (Å²) in [5, 5.41) is 23.1. The fourth-order valence-electron chi connectivity index (χ4n) is 3.95. The van der Waals surface area contributed by atoms with Gasteiger partial charge in [0.25, 0.3) is 0 Å². The summed E-state index contributed by atoms with van der Waals surface area (Å²) in [7, 11) is 3.15. The Morgan fingerprint density at radius 3 is 2.44 bits per heavy atom. The highest BCUT2D eigenvalue weighted by molar-refractivity contribution is 6.01. The molecule has 2 aromatic carbocycles. The molecule has 0 aromatic heterocycles. The van der Waals surface area contributed by atoms with E-state index >= 15 is 0 Å². The molecule has 3 N–H and O–H groups in total. The van der Waals surface area contributed by atoms with Gasteiger partial charge in [0, 0.05) is 35.4 Å². The first-order valence-electron chi connectivity index (χ1n) is 8.84. The van der Waals surface area contributed by atoms with Gasteiger partial charge in [-0.3, -0.25) is 4.79 Å². The smallest absolute Gasteiger partial charge is 0.162 e. The van der Waals surface area contributed by atoms with Crippen molar-refractivity contribution >= 4 is 11.5 Å². The lowest BCUT2D eigenvalue weighted by Gasteiger charge is -2.34. The van der Waals surface area contributed by atoms with E-state index in [2.05, 4.69) is 5.32 Å². The molecule has 1 heterocycles. The molecule has 0 saturated heterocycles. The molecule has 1 aliphatic carbocycles. The lowest BCUT2D eigenvalue weighted by molar-refractivity contribution is -0.116. The first kappa shape index (κ1) is 17.3. The normalized spacial score (nSPS) is 18.4. The maximum absolute atomic E-state index is 12.8. The number of carbonyl (C=O) groups excluding carboxylic acids is 1. The summed E-state index contributed by atoms with van der Waals surface area (Å²) in [4.78, 5) is 12.8. The second-order valence-corrected chi connectivity index (χ2v) is 6.77. The van der Waals surface area contributed by atoms with Crippen molar-refractivity contribution < 1.29 is 24.5 Å². The molecule has 6 nitrogen and oxygen atoms in total. The molecule has 0 bridgehead atoms. The van der Waals surface area contributed by atoms with Gasteiger partial charge in [0.2, 0.25) is 0 Å². The largest absolute Gasteiger partial charge is 0.504 e. The number of aromatic hydroxyl groups is 2. The van der Waals surface area contributed by atoms with E-state index < -0.39 is 0 Å². The van der Waals surface area contributed by atoms with Crippen molar-refractivity contribution in [3.8, 4) is 23.0 Å². The summed E-state index contributed by atoms with van der Waals surface area (Å²) in [6.07, 6.45) is 2.10. The molecule has 1 aliphatic heterocycles. The Balaban J connectivity index is 1.96. The Morgan fingerprint density at radius 2 is 1.74 bits per heavy atom. The number of fused-ring (bicyclic) bond motifs is 1. The Hall–Kier alpha value is -3.15. The van der Waals surface area contributed by atoms with Gasteiger partial charge in [-0.05, 0) is 42.2 Å². The molecule has 0 radical (unpaired) electrons. The highest BCUT2D eigenvalue weighted by Gasteiger charge is 2.36. The van der Waals surface area contributed by atoms with Gasteiger partial charge < -0.3 is 25.0 Å². The molecule has 1 unspecified atom stereocenters. The van der Waals surface area contributed by atoms with Crippen molar-refractivity contribution in [1.82, 2.24) is 0 Å². The number of rotatable bonds is 3. The number of carbonyl (C=O) groups is 1. The van der Waals surface area contributed by atoms with Gasteiger partial charge in [0.05, 0.1) is 14.2 Å². The van der Waals surface area contributed by atoms with E-state index in [0.29, 0.717) is 23.5 Å². The van der Waals surface area contributed by atoms with Crippen LogP contribution in [0.4, 0.5) is 5.69 Å². The summed E-state index contributed by atoms with van der Waals surface area (Å²) < 4.78 is 10.9. The summed E-state index contributed by atoms with van der Waals surface area (Å²) in [6.45, 7) is 0. The number of methoxy groups -OCH3 is 2. The Labute approximate surface area is 157 Å². The number of phenolic OH excluding ortho intramolecular Hbond substituents is 2. The molecule has 27 heavy (non-hydrogen) atoms. The standard InChI is InChI=1S/C21H21NO5/c1-26-18-9-12-14(10-19(18)27-2)22-13-4-3-5-16(24)21(13)20(12)11-6-7-15(23)17(25)8-11/h6-10,20,22-23,25H,3-5H2,1-2H3. The summed E-state index contributed by atoms with van der Waals surface area (Å²) in [5.41, 5.74) is 4.07. The Morgan fingerprint density at radius 1 is 1.00 bits per heavy atom. The topological polar surface area (TPSA) is 88.0 Å². The molecule has 0 saturated carbocycles. The minimum Gasteiger partial charge on any atom is -0.504 e. The van der Waals surface area contributed by atoms with Gasteiger partial charge in [0.15, 0.2) is 28.8 Å². The average molecular weight is 367 g/mol. The number of anilines is 1. The van der Waals surface area contributed by atoms with Crippen LogP contribution in [0.1, 0.15) is 36.3 Å². The minimum atomic E-state index is -0.352. The monoisotopic (exact) mass is 367 g/mol. The zero-order chi connectivity index (χ0) is 19.1. The van der Waals surface area contributed by atoms with Crippen molar-refractivity contribution in [2.24, 2.45) is 0 Å². The van der Waals surface area contributed by atoms with Crippen molar-refractivity contribution in [3.05, 3.63) is 52.7 Å². The number of ketones is 1. The van der Waals surface area contributed by atoms with Crippen molar-refractivity contribution in [2.75, 3.05) is 19.5 Å². The van der Waals surface area contributed by atoms with Crippen LogP contribution in [-0.4, -0.2) is 30.2 Å². The van der Waals surface area contributed by atoms with Crippen LogP contribution in [0.2, 0.25) is 0 Å². The van der Waals surface area contributed by atoms with Crippen LogP contribution in [0, 0.1) is 0 Å². The predicted octanol–water partition coefficient (Wildman–Crippen LogP) is 3.68. The first-order chi connectivity index (χ1) is 13.0. The molecule has 4 rings (SSSR count). The van der Waals surface area contributed by atoms with Gasteiger partial charge in [-0.25, -0.2) is 0 Å². The van der Waals surface area contributed by atoms with Gasteiger partial charge in [-0.2, -0.15) is 0 Å². The van der Waals surface area contributed by atoms with Crippen LogP contribution >= 0.6 is 0 Å². The number of hydrogen-bond donors (Lipinski definition) is 3. The first-order valence-corrected chi connectivity index (χ1v) is 8.84. The number of hydrogen-bond acceptors (Lipinski definition) is 6. The Kier molecular flexibility index (Phi) is 4.18. The zero-order valence-corrected chi connectivity index (χ0v) is 15.2. The van der Waals surface area contributed by atoms with Crippen LogP contribution < -0.4 is 14.8 Å². The lowest BCUT2D eigenvalue weighted by Crippen LogP contribution is -2.27. The maximum atomic E-state index is 12.8. The summed E-state index contributed by atoms with van der Waals surface area (Å²) in [5.74, 6) is 0.514. The molecular formula is C21H21NO5. The second kappa shape index (κ2) is 6.54. The molecule has 6 heteroatoms. The third-order valence-corrected chi connectivity index (χ3v) is 5.23. The summed E-state index contributed by atoms with van der Waals surface area (Å²) in [6, 6.07) is 8.42. The van der Waals surface area contributed by atoms with Gasteiger partial charge in [-0.1, -0.05) is 6.07 Å². The third-order valence-electron chi connectivity index (χ3n) is 5.23. The molecule has 0 fully saturated rings. The Bertz CT molecular complexity index is 963. The number of Topliss-reactive ketones (excluding diaryl/α,β-unsaturated/α-hetero) is 1. The van der Waals surface area contributed by atoms with Crippen LogP contribution in [0.25, 0.3) is 0 Å². The fraction of sp³-hybridized carbons (Fsp3) is 0.286. The van der Waals surface area contributed by atoms with Crippen molar-refractivity contribution in [2.45, 2.75) is 25.2 Å². The van der Waals surface area contributed by atoms with Crippen LogP contribution in [0.15, 0.2) is 41.6 Å². The maximum Gasteiger partial charge on any atom is 0.162 e. The molecule has 2 aliphatic rings. The van der Waals surface area contributed by atoms with Gasteiger partial charge in [-0.15, -0.1) is 0 Å². The number of phenols is 2. The predicted molar refractivity (Wildman–Crippen MR) is 101 cm³/mol. The SMILES string of the molecule is COc1cc2c(cc1OC)C(c1ccc(O)c(O)c1)C1=C(CCCC1=O)N2. The van der Waals surface area contributed by atoms with E-state index in [1.807, 2.05) is 12.1 Å². The van der Waals surface area contributed by atoms with Crippen molar-refractivity contribution in [1.29, 1.82) is 0 Å². The number of benzene rings is 2. The van der Waals surface area contributed by atoms with E-state index in [1.165, 1.54) is 12.1 Å². The van der Waals surface area contributed by atoms with Crippen LogP contribution in [0.5, 0.6) is 23.0 Å².